The first-order valence-electron chi connectivity index (χ1n) is 12.1. The number of nitrogens with zero attached hydrogens (tertiary/aromatic N) is 4. The number of piperidine rings is 1. The third-order valence-electron chi connectivity index (χ3n) is 6.52. The van der Waals surface area contributed by atoms with E-state index in [4.69, 9.17) is 5.11 Å². The highest BCUT2D eigenvalue weighted by Crippen LogP contribution is 2.52. The molecule has 2 fully saturated rings. The van der Waals surface area contributed by atoms with Crippen LogP contribution < -0.4 is 4.74 Å². The molecule has 1 saturated heterocycles. The molecule has 2 atom stereocenters. The summed E-state index contributed by atoms with van der Waals surface area (Å²) in [5.41, 5.74) is 0.780. The van der Waals surface area contributed by atoms with Crippen LogP contribution in [0.3, 0.4) is 0 Å². The molecule has 1 aliphatic carbocycles. The van der Waals surface area contributed by atoms with Crippen LogP contribution in [0.4, 0.5) is 13.2 Å². The molecule has 4 rings (SSSR count). The van der Waals surface area contributed by atoms with Gasteiger partial charge in [0.25, 0.3) is 0 Å². The SMILES string of the molecule is CN(CCS(C)(=O)=O)C(=O)CN1CC2C(C[N-]Cc3cccc(OC(F)(F)F)c3)C2C1.O=C(O)c1cnc[nH]1. The highest BCUT2D eigenvalue weighted by molar-refractivity contribution is 7.90. The number of likely N-dealkylation sites (N-methyl/N-ethyl adjacent to an activating group) is 1. The summed E-state index contributed by atoms with van der Waals surface area (Å²) in [7, 11) is -1.49. The minimum absolute atomic E-state index is 0.0463. The van der Waals surface area contributed by atoms with Crippen LogP contribution in [-0.4, -0.2) is 103 Å². The van der Waals surface area contributed by atoms with Crippen LogP contribution >= 0.6 is 0 Å². The fraction of sp³-hybridized carbons (Fsp3) is 0.542. The second kappa shape index (κ2) is 12.8. The van der Waals surface area contributed by atoms with E-state index in [1.165, 1.54) is 35.6 Å². The van der Waals surface area contributed by atoms with E-state index in [0.717, 1.165) is 19.3 Å². The van der Waals surface area contributed by atoms with Gasteiger partial charge in [-0.05, 0) is 24.0 Å². The summed E-state index contributed by atoms with van der Waals surface area (Å²) in [5, 5.41) is 12.7. The lowest BCUT2D eigenvalue weighted by atomic mass is 10.2. The maximum Gasteiger partial charge on any atom is 0.573 e. The Morgan fingerprint density at radius 1 is 1.28 bits per heavy atom. The summed E-state index contributed by atoms with van der Waals surface area (Å²) in [6.07, 6.45) is -0.986. The van der Waals surface area contributed by atoms with Gasteiger partial charge in [0.1, 0.15) is 21.3 Å². The number of carboxylic acids is 1. The first kappa shape index (κ1) is 30.4. The first-order chi connectivity index (χ1) is 18.2. The Kier molecular flexibility index (Phi) is 9.96. The number of likely N-dealkylation sites (tertiary alicyclic amines) is 1. The van der Waals surface area contributed by atoms with Crippen molar-refractivity contribution in [3.63, 3.8) is 0 Å². The van der Waals surface area contributed by atoms with Crippen LogP contribution in [0.15, 0.2) is 36.8 Å². The summed E-state index contributed by atoms with van der Waals surface area (Å²) in [6.45, 7) is 3.07. The van der Waals surface area contributed by atoms with Crippen molar-refractivity contribution < 1.29 is 41.0 Å². The van der Waals surface area contributed by atoms with Gasteiger partial charge >= 0.3 is 12.3 Å². The number of H-pyrrole nitrogens is 1. The number of aromatic nitrogens is 2. The van der Waals surface area contributed by atoms with Crippen LogP contribution in [0.2, 0.25) is 0 Å². The number of benzene rings is 1. The third kappa shape index (κ3) is 10.1. The highest BCUT2D eigenvalue weighted by atomic mass is 32.2. The largest absolute Gasteiger partial charge is 0.658 e. The molecule has 2 aliphatic rings. The molecular weight excluding hydrogens is 543 g/mol. The van der Waals surface area contributed by atoms with Gasteiger partial charge in [-0.1, -0.05) is 23.6 Å². The third-order valence-corrected chi connectivity index (χ3v) is 7.45. The number of carboxylic acid groups (broad SMARTS) is 1. The van der Waals surface area contributed by atoms with Gasteiger partial charge in [0, 0.05) is 32.9 Å². The molecule has 1 saturated carbocycles. The number of sulfone groups is 1. The molecule has 2 unspecified atom stereocenters. The van der Waals surface area contributed by atoms with E-state index < -0.39 is 22.2 Å². The molecule has 0 bridgehead atoms. The molecule has 15 heteroatoms. The number of hydrogen-bond donors (Lipinski definition) is 2. The summed E-state index contributed by atoms with van der Waals surface area (Å²) in [4.78, 5) is 31.7. The molecule has 0 spiro atoms. The van der Waals surface area contributed by atoms with Crippen molar-refractivity contribution in [1.29, 1.82) is 0 Å². The van der Waals surface area contributed by atoms with E-state index in [9.17, 15) is 31.2 Å². The van der Waals surface area contributed by atoms with Gasteiger partial charge in [-0.3, -0.25) is 9.69 Å². The second-order valence-corrected chi connectivity index (χ2v) is 11.9. The van der Waals surface area contributed by atoms with E-state index >= 15 is 0 Å². The zero-order chi connectivity index (χ0) is 28.8. The number of imidazole rings is 1. The van der Waals surface area contributed by atoms with Crippen molar-refractivity contribution in [3.05, 3.63) is 53.4 Å². The second-order valence-electron chi connectivity index (χ2n) is 9.66. The summed E-state index contributed by atoms with van der Waals surface area (Å²) in [5.74, 6) is 0.0504. The predicted octanol–water partition coefficient (Wildman–Crippen LogP) is 2.25. The number of halogens is 3. The Bertz CT molecular complexity index is 1210. The molecule has 0 radical (unpaired) electrons. The molecule has 1 aromatic carbocycles. The minimum Gasteiger partial charge on any atom is -0.658 e. The van der Waals surface area contributed by atoms with Crippen molar-refractivity contribution in [1.82, 2.24) is 19.8 Å². The molecule has 1 amide bonds. The van der Waals surface area contributed by atoms with Crippen LogP contribution in [0.25, 0.3) is 5.32 Å². The summed E-state index contributed by atoms with van der Waals surface area (Å²) < 4.78 is 63.3. The number of aromatic carboxylic acids is 1. The zero-order valence-corrected chi connectivity index (χ0v) is 22.3. The average Bonchev–Trinajstić information content (AvgIpc) is 3.22. The van der Waals surface area contributed by atoms with E-state index in [-0.39, 0.29) is 36.2 Å². The number of alkyl halides is 3. The van der Waals surface area contributed by atoms with E-state index in [1.807, 2.05) is 0 Å². The lowest BCUT2D eigenvalue weighted by Crippen LogP contribution is -2.40. The Morgan fingerprint density at radius 2 is 1.97 bits per heavy atom. The van der Waals surface area contributed by atoms with Crippen LogP contribution in [0.5, 0.6) is 5.75 Å². The van der Waals surface area contributed by atoms with Gasteiger partial charge < -0.3 is 25.0 Å². The topological polar surface area (TPSA) is 147 Å². The van der Waals surface area contributed by atoms with E-state index in [2.05, 4.69) is 24.9 Å². The number of amides is 1. The molecule has 216 valence electrons. The van der Waals surface area contributed by atoms with Gasteiger partial charge in [0.05, 0.1) is 24.8 Å². The quantitative estimate of drug-likeness (QED) is 0.416. The monoisotopic (exact) mass is 574 g/mol. The smallest absolute Gasteiger partial charge is 0.573 e. The maximum atomic E-state index is 12.3. The van der Waals surface area contributed by atoms with Crippen LogP contribution in [0.1, 0.15) is 16.1 Å². The lowest BCUT2D eigenvalue weighted by molar-refractivity contribution is -0.274. The molecule has 1 aromatic heterocycles. The fourth-order valence-electron chi connectivity index (χ4n) is 4.43. The van der Waals surface area contributed by atoms with Gasteiger partial charge in [-0.2, -0.15) is 0 Å². The Morgan fingerprint density at radius 3 is 2.51 bits per heavy atom. The Labute approximate surface area is 224 Å². The van der Waals surface area contributed by atoms with Gasteiger partial charge in [-0.15, -0.1) is 26.3 Å². The summed E-state index contributed by atoms with van der Waals surface area (Å²) >= 11 is 0. The van der Waals surface area contributed by atoms with Gasteiger partial charge in [-0.25, -0.2) is 18.2 Å². The number of carbonyl (C=O) groups excluding carboxylic acids is 1. The average molecular weight is 575 g/mol. The van der Waals surface area contributed by atoms with Crippen molar-refractivity contribution >= 4 is 21.7 Å². The standard InChI is InChI=1S/C20H27F3N3O4S.C4H4N2O2/c1-25(6-7-31(2,28)29)19(27)13-26-11-17-16(18(17)12-26)10-24-9-14-4-3-5-15(8-14)30-20(21,22)23;7-4(8)3-1-5-2-6-3/h3-5,8,16-18H,6-7,9-13H2,1-2H3;1-2H,(H,5,6)(H,7,8)/q-1;. The number of hydrogen-bond acceptors (Lipinski definition) is 7. The van der Waals surface area contributed by atoms with Gasteiger partial charge in [0.2, 0.25) is 5.91 Å². The Balaban J connectivity index is 0.000000449. The van der Waals surface area contributed by atoms with E-state index in [0.29, 0.717) is 36.4 Å². The van der Waals surface area contributed by atoms with Gasteiger partial charge in [0.15, 0.2) is 0 Å². The molecule has 2 aromatic rings. The van der Waals surface area contributed by atoms with Crippen molar-refractivity contribution in [2.45, 2.75) is 12.9 Å². The number of rotatable bonds is 11. The Hall–Kier alpha value is -3.17. The minimum atomic E-state index is -4.71. The molecule has 2 N–H and O–H groups in total. The number of nitrogens with one attached hydrogen (secondary N) is 1. The highest BCUT2D eigenvalue weighted by Gasteiger charge is 2.53. The molecule has 2 heterocycles. The van der Waals surface area contributed by atoms with Crippen LogP contribution in [-0.2, 0) is 21.2 Å². The predicted molar refractivity (Wildman–Crippen MR) is 135 cm³/mol. The van der Waals surface area contributed by atoms with E-state index in [1.54, 1.807) is 13.1 Å². The normalized spacial score (nSPS) is 20.5. The summed E-state index contributed by atoms with van der Waals surface area (Å²) in [6, 6.07) is 5.84. The zero-order valence-electron chi connectivity index (χ0n) is 21.5. The number of aromatic amines is 1. The molecular formula is C24H31F3N5O6S-. The molecule has 39 heavy (non-hydrogen) atoms. The first-order valence-corrected chi connectivity index (χ1v) is 14.1. The number of fused-ring (bicyclic) bond motifs is 1. The van der Waals surface area contributed by atoms with Crippen LogP contribution in [0, 0.1) is 17.8 Å². The molecule has 11 nitrogen and oxygen atoms in total. The van der Waals surface area contributed by atoms with Crippen molar-refractivity contribution in [2.24, 2.45) is 17.8 Å². The number of ether oxygens (including phenoxy) is 1. The number of carbonyl (C=O) groups is 2. The van der Waals surface area contributed by atoms with Crippen molar-refractivity contribution in [3.8, 4) is 5.75 Å². The maximum absolute atomic E-state index is 12.3. The lowest BCUT2D eigenvalue weighted by Gasteiger charge is -2.25. The molecule has 1 aliphatic heterocycles. The fourth-order valence-corrected chi connectivity index (χ4v) is 5.04. The van der Waals surface area contributed by atoms with Crippen molar-refractivity contribution in [2.75, 3.05) is 51.8 Å².